The number of aliphatic imine (C=N–C) groups is 1. The van der Waals surface area contributed by atoms with Gasteiger partial charge in [-0.3, -0.25) is 0 Å². The van der Waals surface area contributed by atoms with Crippen molar-refractivity contribution in [3.05, 3.63) is 0 Å². The molecule has 0 amide bonds. The van der Waals surface area contributed by atoms with Gasteiger partial charge >= 0.3 is 0 Å². The van der Waals surface area contributed by atoms with Crippen molar-refractivity contribution in [2.75, 3.05) is 0 Å². The Bertz CT molecular complexity index is 279. The lowest BCUT2D eigenvalue weighted by molar-refractivity contribution is 0.157. The highest BCUT2D eigenvalue weighted by Gasteiger charge is 2.30. The van der Waals surface area contributed by atoms with Crippen LogP contribution in [0, 0.1) is 17.8 Å². The Morgan fingerprint density at radius 1 is 0.944 bits per heavy atom. The average molecular weight is 265 g/mol. The van der Waals surface area contributed by atoms with Gasteiger partial charge in [-0.25, -0.2) is 4.99 Å². The van der Waals surface area contributed by atoms with E-state index in [4.69, 9.17) is 12.2 Å². The van der Waals surface area contributed by atoms with E-state index in [2.05, 4.69) is 17.1 Å². The van der Waals surface area contributed by atoms with Crippen LogP contribution in [0.1, 0.15) is 71.1 Å². The van der Waals surface area contributed by atoms with Crippen LogP contribution in [0.15, 0.2) is 4.99 Å². The van der Waals surface area contributed by atoms with Gasteiger partial charge in [-0.05, 0) is 68.5 Å². The van der Waals surface area contributed by atoms with Crippen molar-refractivity contribution in [3.63, 3.8) is 0 Å². The second-order valence-electron chi connectivity index (χ2n) is 6.36. The summed E-state index contributed by atoms with van der Waals surface area (Å²) in [5.74, 6) is 3.06. The van der Waals surface area contributed by atoms with Crippen molar-refractivity contribution in [2.45, 2.75) is 77.2 Å². The molecule has 2 saturated carbocycles. The molecule has 0 saturated heterocycles. The molecule has 1 nitrogen and oxygen atoms in total. The van der Waals surface area contributed by atoms with Gasteiger partial charge in [0.25, 0.3) is 0 Å². The van der Waals surface area contributed by atoms with E-state index in [0.29, 0.717) is 6.04 Å². The zero-order chi connectivity index (χ0) is 12.8. The topological polar surface area (TPSA) is 12.4 Å². The molecule has 0 atom stereocenters. The number of isothiocyanates is 1. The van der Waals surface area contributed by atoms with Gasteiger partial charge in [-0.1, -0.05) is 32.6 Å². The third-order valence-electron chi connectivity index (χ3n) is 5.23. The molecule has 0 aliphatic heterocycles. The summed E-state index contributed by atoms with van der Waals surface area (Å²) in [7, 11) is 0. The van der Waals surface area contributed by atoms with Crippen LogP contribution in [0.25, 0.3) is 0 Å². The van der Waals surface area contributed by atoms with Crippen LogP contribution < -0.4 is 0 Å². The maximum atomic E-state index is 4.71. The zero-order valence-electron chi connectivity index (χ0n) is 11.7. The lowest BCUT2D eigenvalue weighted by Crippen LogP contribution is -2.26. The highest BCUT2D eigenvalue weighted by Crippen LogP contribution is 2.41. The van der Waals surface area contributed by atoms with E-state index in [1.807, 2.05) is 0 Å². The first kappa shape index (κ1) is 14.2. The molecule has 0 bridgehead atoms. The maximum Gasteiger partial charge on any atom is 0.0603 e. The molecule has 0 aromatic heterocycles. The first-order valence-electron chi connectivity index (χ1n) is 7.90. The molecule has 0 spiro atoms. The Morgan fingerprint density at radius 2 is 1.50 bits per heavy atom. The Kier molecular flexibility index (Phi) is 5.85. The number of rotatable bonds is 4. The van der Waals surface area contributed by atoms with E-state index < -0.39 is 0 Å². The van der Waals surface area contributed by atoms with Crippen LogP contribution in [0.2, 0.25) is 0 Å². The molecule has 0 unspecified atom stereocenters. The van der Waals surface area contributed by atoms with E-state index in [1.165, 1.54) is 64.2 Å². The summed E-state index contributed by atoms with van der Waals surface area (Å²) in [6, 6.07) is 0.496. The van der Waals surface area contributed by atoms with Gasteiger partial charge in [0.15, 0.2) is 0 Å². The highest BCUT2D eigenvalue weighted by atomic mass is 32.1. The fraction of sp³-hybridized carbons (Fsp3) is 0.938. The summed E-state index contributed by atoms with van der Waals surface area (Å²) in [5, 5.41) is 2.56. The molecule has 0 N–H and O–H groups in total. The van der Waals surface area contributed by atoms with Gasteiger partial charge in [0.05, 0.1) is 11.2 Å². The van der Waals surface area contributed by atoms with Crippen LogP contribution in [0.5, 0.6) is 0 Å². The molecule has 18 heavy (non-hydrogen) atoms. The third kappa shape index (κ3) is 3.90. The van der Waals surface area contributed by atoms with Crippen LogP contribution in [0.4, 0.5) is 0 Å². The minimum Gasteiger partial charge on any atom is -0.229 e. The van der Waals surface area contributed by atoms with Gasteiger partial charge in [-0.2, -0.15) is 0 Å². The molecular formula is C16H27NS. The summed E-state index contributed by atoms with van der Waals surface area (Å²) in [5.41, 5.74) is 0. The molecule has 2 aliphatic carbocycles. The molecule has 0 aromatic carbocycles. The van der Waals surface area contributed by atoms with E-state index >= 15 is 0 Å². The molecule has 2 heteroatoms. The number of thiocarbonyl (C=S) groups is 1. The van der Waals surface area contributed by atoms with Crippen molar-refractivity contribution in [2.24, 2.45) is 22.7 Å². The summed E-state index contributed by atoms with van der Waals surface area (Å²) < 4.78 is 0. The fourth-order valence-electron chi connectivity index (χ4n) is 4.13. The first-order valence-corrected chi connectivity index (χ1v) is 8.31. The largest absolute Gasteiger partial charge is 0.229 e. The van der Waals surface area contributed by atoms with Crippen LogP contribution >= 0.6 is 12.2 Å². The smallest absolute Gasteiger partial charge is 0.0603 e. The first-order chi connectivity index (χ1) is 8.83. The predicted molar refractivity (Wildman–Crippen MR) is 81.1 cm³/mol. The van der Waals surface area contributed by atoms with Gasteiger partial charge in [0.1, 0.15) is 0 Å². The Hall–Kier alpha value is -0.200. The van der Waals surface area contributed by atoms with Crippen molar-refractivity contribution >= 4 is 17.4 Å². The van der Waals surface area contributed by atoms with Gasteiger partial charge in [0.2, 0.25) is 0 Å². The van der Waals surface area contributed by atoms with E-state index in [9.17, 15) is 0 Å². The van der Waals surface area contributed by atoms with Crippen molar-refractivity contribution in [1.82, 2.24) is 0 Å². The molecule has 2 fully saturated rings. The van der Waals surface area contributed by atoms with E-state index in [-0.39, 0.29) is 0 Å². The third-order valence-corrected chi connectivity index (χ3v) is 5.34. The Morgan fingerprint density at radius 3 is 2.00 bits per heavy atom. The molecule has 2 aliphatic rings. The summed E-state index contributed by atoms with van der Waals surface area (Å²) in [6.45, 7) is 2.32. The lowest BCUT2D eigenvalue weighted by Gasteiger charge is -2.37. The standard InChI is InChI=1S/C16H27NS/c1-2-3-13-4-6-14(7-5-13)15-8-10-16(11-9-15)17-12-18/h13-16H,2-11H2,1H3/t13-,14-,15-,16-. The van der Waals surface area contributed by atoms with Crippen molar-refractivity contribution in [1.29, 1.82) is 0 Å². The van der Waals surface area contributed by atoms with Crippen LogP contribution in [0.3, 0.4) is 0 Å². The SMILES string of the molecule is CCC[C@H]1CC[C@H]([C@H]2CC[C@H](N=C=S)CC2)CC1. The normalized spacial score (nSPS) is 36.9. The van der Waals surface area contributed by atoms with E-state index in [1.54, 1.807) is 0 Å². The Balaban J connectivity index is 1.73. The van der Waals surface area contributed by atoms with Gasteiger partial charge in [-0.15, -0.1) is 0 Å². The second kappa shape index (κ2) is 7.40. The maximum absolute atomic E-state index is 4.71. The minimum atomic E-state index is 0.496. The van der Waals surface area contributed by atoms with E-state index in [0.717, 1.165) is 17.8 Å². The number of nitrogens with zero attached hydrogens (tertiary/aromatic N) is 1. The van der Waals surface area contributed by atoms with Gasteiger partial charge in [0, 0.05) is 0 Å². The van der Waals surface area contributed by atoms with Crippen molar-refractivity contribution < 1.29 is 0 Å². The second-order valence-corrected chi connectivity index (χ2v) is 6.54. The molecule has 2 rings (SSSR count). The Labute approximate surface area is 117 Å². The van der Waals surface area contributed by atoms with Crippen LogP contribution in [-0.2, 0) is 0 Å². The van der Waals surface area contributed by atoms with Crippen LogP contribution in [-0.4, -0.2) is 11.2 Å². The summed E-state index contributed by atoms with van der Waals surface area (Å²) in [4.78, 5) is 4.26. The van der Waals surface area contributed by atoms with Crippen molar-refractivity contribution in [3.8, 4) is 0 Å². The lowest BCUT2D eigenvalue weighted by atomic mass is 9.70. The molecular weight excluding hydrogens is 238 g/mol. The summed E-state index contributed by atoms with van der Waals surface area (Å²) in [6.07, 6.45) is 14.1. The number of hydrogen-bond acceptors (Lipinski definition) is 2. The zero-order valence-corrected chi connectivity index (χ0v) is 12.6. The minimum absolute atomic E-state index is 0.496. The molecule has 0 radical (unpaired) electrons. The molecule has 0 aromatic rings. The predicted octanol–water partition coefficient (Wildman–Crippen LogP) is 5.25. The highest BCUT2D eigenvalue weighted by molar-refractivity contribution is 7.78. The molecule has 102 valence electrons. The summed E-state index contributed by atoms with van der Waals surface area (Å²) >= 11 is 4.71. The van der Waals surface area contributed by atoms with Gasteiger partial charge < -0.3 is 0 Å². The fourth-order valence-corrected chi connectivity index (χ4v) is 4.28. The average Bonchev–Trinajstić information content (AvgIpc) is 2.41. The number of hydrogen-bond donors (Lipinski definition) is 0. The quantitative estimate of drug-likeness (QED) is 0.499. The molecule has 0 heterocycles. The monoisotopic (exact) mass is 265 g/mol.